The van der Waals surface area contributed by atoms with Gasteiger partial charge in [-0.15, -0.1) is 0 Å². The zero-order valence-electron chi connectivity index (χ0n) is 13.5. The Morgan fingerprint density at radius 3 is 1.63 bits per heavy atom. The number of hydrogen-bond acceptors (Lipinski definition) is 2. The predicted molar refractivity (Wildman–Crippen MR) is 83.0 cm³/mol. The van der Waals surface area contributed by atoms with Crippen molar-refractivity contribution in [2.45, 2.75) is 65.2 Å². The predicted octanol–water partition coefficient (Wildman–Crippen LogP) is 4.05. The van der Waals surface area contributed by atoms with Gasteiger partial charge in [0.25, 0.3) is 0 Å². The summed E-state index contributed by atoms with van der Waals surface area (Å²) in [6.07, 6.45) is 0. The molecule has 0 amide bonds. The van der Waals surface area contributed by atoms with Crippen LogP contribution in [0.5, 0.6) is 5.75 Å². The highest BCUT2D eigenvalue weighted by atomic mass is 16.3. The van der Waals surface area contributed by atoms with Gasteiger partial charge < -0.3 is 10.8 Å². The van der Waals surface area contributed by atoms with Crippen LogP contribution < -0.4 is 5.73 Å². The third-order valence-corrected chi connectivity index (χ3v) is 3.67. The van der Waals surface area contributed by atoms with Gasteiger partial charge in [-0.2, -0.15) is 0 Å². The molecule has 0 bridgehead atoms. The van der Waals surface area contributed by atoms with E-state index in [0.717, 1.165) is 11.1 Å². The van der Waals surface area contributed by atoms with Gasteiger partial charge in [-0.05, 0) is 40.0 Å². The van der Waals surface area contributed by atoms with Gasteiger partial charge in [0.2, 0.25) is 0 Å². The van der Waals surface area contributed by atoms with E-state index in [-0.39, 0.29) is 10.8 Å². The second kappa shape index (κ2) is 5.16. The molecule has 0 aliphatic heterocycles. The first kappa shape index (κ1) is 16.0. The highest BCUT2D eigenvalue weighted by Gasteiger charge is 2.27. The van der Waals surface area contributed by atoms with Gasteiger partial charge in [0.1, 0.15) is 5.75 Å². The van der Waals surface area contributed by atoms with Crippen molar-refractivity contribution in [2.75, 3.05) is 6.54 Å². The van der Waals surface area contributed by atoms with E-state index in [2.05, 4.69) is 60.6 Å². The average molecular weight is 263 g/mol. The summed E-state index contributed by atoms with van der Waals surface area (Å²) < 4.78 is 0. The van der Waals surface area contributed by atoms with Gasteiger partial charge in [-0.25, -0.2) is 0 Å². The van der Waals surface area contributed by atoms with Crippen molar-refractivity contribution in [2.24, 2.45) is 5.73 Å². The summed E-state index contributed by atoms with van der Waals surface area (Å²) >= 11 is 0. The minimum Gasteiger partial charge on any atom is -0.507 e. The average Bonchev–Trinajstić information content (AvgIpc) is 2.25. The molecule has 0 spiro atoms. The number of nitrogens with two attached hydrogens (primary N) is 1. The quantitative estimate of drug-likeness (QED) is 0.845. The van der Waals surface area contributed by atoms with Crippen LogP contribution in [0.3, 0.4) is 0 Å². The number of phenols is 1. The monoisotopic (exact) mass is 263 g/mol. The van der Waals surface area contributed by atoms with Gasteiger partial charge in [0.15, 0.2) is 0 Å². The zero-order valence-corrected chi connectivity index (χ0v) is 13.5. The minimum absolute atomic E-state index is 0.0750. The fourth-order valence-electron chi connectivity index (χ4n) is 2.22. The normalized spacial score (nSPS) is 14.5. The first-order valence-corrected chi connectivity index (χ1v) is 7.06. The van der Waals surface area contributed by atoms with Gasteiger partial charge in [-0.3, -0.25) is 0 Å². The number of phenolic OH excluding ortho intramolecular Hbond substituents is 1. The fraction of sp³-hybridized carbons (Fsp3) is 0.647. The maximum absolute atomic E-state index is 10.6. The van der Waals surface area contributed by atoms with Gasteiger partial charge in [0, 0.05) is 0 Å². The number of benzene rings is 1. The van der Waals surface area contributed by atoms with E-state index in [4.69, 9.17) is 5.73 Å². The molecule has 2 nitrogen and oxygen atoms in total. The molecule has 0 fully saturated rings. The molecule has 1 aromatic carbocycles. The summed E-state index contributed by atoms with van der Waals surface area (Å²) in [5.74, 6) is 0.746. The molecule has 3 N–H and O–H groups in total. The summed E-state index contributed by atoms with van der Waals surface area (Å²) in [7, 11) is 0. The lowest BCUT2D eigenvalue weighted by atomic mass is 9.77. The summed E-state index contributed by atoms with van der Waals surface area (Å²) in [5, 5.41) is 10.6. The van der Waals surface area contributed by atoms with Crippen molar-refractivity contribution in [3.05, 3.63) is 28.8 Å². The van der Waals surface area contributed by atoms with Crippen molar-refractivity contribution in [1.82, 2.24) is 0 Å². The van der Waals surface area contributed by atoms with Crippen molar-refractivity contribution >= 4 is 0 Å². The van der Waals surface area contributed by atoms with Crippen LogP contribution in [0.15, 0.2) is 12.1 Å². The molecular weight excluding hydrogens is 234 g/mol. The van der Waals surface area contributed by atoms with Gasteiger partial charge in [-0.1, -0.05) is 60.6 Å². The molecule has 0 aliphatic rings. The Kier molecular flexibility index (Phi) is 4.36. The van der Waals surface area contributed by atoms with Crippen LogP contribution >= 0.6 is 0 Å². The molecule has 0 aromatic heterocycles. The van der Waals surface area contributed by atoms with Gasteiger partial charge >= 0.3 is 0 Å². The van der Waals surface area contributed by atoms with Crippen LogP contribution in [-0.4, -0.2) is 11.7 Å². The molecule has 0 heterocycles. The molecule has 1 atom stereocenters. The SMILES string of the molecule is CC(CN)c1cc(C(C)(C)C)c(O)c(C(C)(C)C)c1. The molecule has 0 aliphatic carbocycles. The van der Waals surface area contributed by atoms with Crippen molar-refractivity contribution in [3.63, 3.8) is 0 Å². The first-order valence-electron chi connectivity index (χ1n) is 7.06. The van der Waals surface area contributed by atoms with E-state index in [9.17, 15) is 5.11 Å². The number of rotatable bonds is 2. The minimum atomic E-state index is -0.0750. The highest BCUT2D eigenvalue weighted by Crippen LogP contribution is 2.40. The van der Waals surface area contributed by atoms with E-state index in [1.165, 1.54) is 5.56 Å². The summed E-state index contributed by atoms with van der Waals surface area (Å²) in [6.45, 7) is 15.5. The van der Waals surface area contributed by atoms with Crippen LogP contribution in [0.1, 0.15) is 71.1 Å². The molecule has 1 aromatic rings. The summed E-state index contributed by atoms with van der Waals surface area (Å²) in [4.78, 5) is 0. The molecule has 1 rings (SSSR count). The Labute approximate surface area is 118 Å². The highest BCUT2D eigenvalue weighted by molar-refractivity contribution is 5.50. The van der Waals surface area contributed by atoms with Crippen molar-refractivity contribution in [3.8, 4) is 5.75 Å². The lowest BCUT2D eigenvalue weighted by Gasteiger charge is -2.29. The summed E-state index contributed by atoms with van der Waals surface area (Å²) in [6, 6.07) is 4.23. The van der Waals surface area contributed by atoms with Crippen LogP contribution in [0, 0.1) is 0 Å². The van der Waals surface area contributed by atoms with Crippen molar-refractivity contribution in [1.29, 1.82) is 0 Å². The third kappa shape index (κ3) is 3.50. The smallest absolute Gasteiger partial charge is 0.123 e. The largest absolute Gasteiger partial charge is 0.507 e. The second-order valence-corrected chi connectivity index (χ2v) is 7.60. The molecular formula is C17H29NO. The van der Waals surface area contributed by atoms with Crippen LogP contribution in [0.4, 0.5) is 0 Å². The molecule has 0 saturated heterocycles. The molecule has 1 unspecified atom stereocenters. The van der Waals surface area contributed by atoms with E-state index in [1.54, 1.807) is 0 Å². The maximum atomic E-state index is 10.6. The molecule has 19 heavy (non-hydrogen) atoms. The lowest BCUT2D eigenvalue weighted by molar-refractivity contribution is 0.422. The molecule has 0 radical (unpaired) electrons. The Morgan fingerprint density at radius 2 is 1.37 bits per heavy atom. The zero-order chi connectivity index (χ0) is 15.0. The van der Waals surface area contributed by atoms with Crippen LogP contribution in [-0.2, 0) is 10.8 Å². The third-order valence-electron chi connectivity index (χ3n) is 3.67. The Balaban J connectivity index is 3.57. The number of hydrogen-bond donors (Lipinski definition) is 2. The Hall–Kier alpha value is -1.02. The van der Waals surface area contributed by atoms with Crippen LogP contribution in [0.25, 0.3) is 0 Å². The Morgan fingerprint density at radius 1 is 1.00 bits per heavy atom. The lowest BCUT2D eigenvalue weighted by Crippen LogP contribution is -2.19. The van der Waals surface area contributed by atoms with E-state index >= 15 is 0 Å². The van der Waals surface area contributed by atoms with E-state index in [1.807, 2.05) is 0 Å². The maximum Gasteiger partial charge on any atom is 0.123 e. The fourth-order valence-corrected chi connectivity index (χ4v) is 2.22. The second-order valence-electron chi connectivity index (χ2n) is 7.60. The van der Waals surface area contributed by atoms with E-state index < -0.39 is 0 Å². The number of aromatic hydroxyl groups is 1. The molecule has 108 valence electrons. The van der Waals surface area contributed by atoms with Crippen LogP contribution in [0.2, 0.25) is 0 Å². The standard InChI is InChI=1S/C17H29NO/c1-11(10-18)12-8-13(16(2,3)4)15(19)14(9-12)17(5,6)7/h8-9,11,19H,10,18H2,1-7H3. The Bertz CT molecular complexity index is 414. The summed E-state index contributed by atoms with van der Waals surface area (Å²) in [5.41, 5.74) is 8.88. The topological polar surface area (TPSA) is 46.2 Å². The van der Waals surface area contributed by atoms with E-state index in [0.29, 0.717) is 18.2 Å². The molecule has 2 heteroatoms. The first-order chi connectivity index (χ1) is 8.48. The molecule has 0 saturated carbocycles. The van der Waals surface area contributed by atoms with Crippen molar-refractivity contribution < 1.29 is 5.11 Å². The van der Waals surface area contributed by atoms with Gasteiger partial charge in [0.05, 0.1) is 0 Å².